The third-order valence-electron chi connectivity index (χ3n) is 10.8. The van der Waals surface area contributed by atoms with Crippen LogP contribution in [0.1, 0.15) is 84.4 Å². The van der Waals surface area contributed by atoms with Gasteiger partial charge in [-0.05, 0) is 95.8 Å². The molecule has 55 heavy (non-hydrogen) atoms. The van der Waals surface area contributed by atoms with E-state index in [1.807, 2.05) is 54.6 Å². The Balaban J connectivity index is 1.98. The Kier molecular flexibility index (Phi) is 16.9. The molecule has 0 aromatic heterocycles. The van der Waals surface area contributed by atoms with Crippen molar-refractivity contribution in [3.63, 3.8) is 0 Å². The van der Waals surface area contributed by atoms with Crippen LogP contribution in [-0.4, -0.2) is 49.7 Å². The molecule has 0 amide bonds. The maximum absolute atomic E-state index is 7.17. The Morgan fingerprint density at radius 1 is 0.600 bits per heavy atom. The largest absolute Gasteiger partial charge is 0.497 e. The lowest BCUT2D eigenvalue weighted by Crippen LogP contribution is -2.44. The molecule has 2 atom stereocenters. The SMILES string of the molecule is CC/C=C\CC(C#CC=CC#CC(CCOC(c1ccccc1)(c1ccc(OC)cc1)c1ccc(OC)cc1)O[Si](C)(C)C(C)(C)C)O[Si](C)(C)C(C)(C)C. The van der Waals surface area contributed by atoms with E-state index in [2.05, 4.69) is 147 Å². The van der Waals surface area contributed by atoms with Gasteiger partial charge in [0.25, 0.3) is 0 Å². The van der Waals surface area contributed by atoms with E-state index < -0.39 is 22.2 Å². The van der Waals surface area contributed by atoms with Crippen LogP contribution in [0.15, 0.2) is 103 Å². The van der Waals surface area contributed by atoms with Gasteiger partial charge in [0.2, 0.25) is 0 Å². The molecule has 0 heterocycles. The van der Waals surface area contributed by atoms with Gasteiger partial charge in [0.1, 0.15) is 29.3 Å². The van der Waals surface area contributed by atoms with E-state index in [9.17, 15) is 0 Å². The van der Waals surface area contributed by atoms with Crippen molar-refractivity contribution < 1.29 is 23.1 Å². The van der Waals surface area contributed by atoms with Gasteiger partial charge in [-0.15, -0.1) is 0 Å². The van der Waals surface area contributed by atoms with Gasteiger partial charge in [-0.1, -0.05) is 139 Å². The molecule has 2 unspecified atom stereocenters. The van der Waals surface area contributed by atoms with E-state index in [4.69, 9.17) is 23.1 Å². The predicted molar refractivity (Wildman–Crippen MR) is 236 cm³/mol. The molecule has 0 aliphatic carbocycles. The minimum atomic E-state index is -2.18. The first-order valence-corrected chi connectivity index (χ1v) is 25.4. The smallest absolute Gasteiger partial charge is 0.193 e. The third kappa shape index (κ3) is 12.9. The normalized spacial score (nSPS) is 13.8. The van der Waals surface area contributed by atoms with Crippen LogP contribution in [0.5, 0.6) is 11.5 Å². The average Bonchev–Trinajstić information content (AvgIpc) is 3.14. The summed E-state index contributed by atoms with van der Waals surface area (Å²) in [4.78, 5) is 0. The zero-order valence-electron chi connectivity index (χ0n) is 35.8. The van der Waals surface area contributed by atoms with E-state index in [1.54, 1.807) is 14.2 Å². The van der Waals surface area contributed by atoms with Crippen LogP contribution in [0, 0.1) is 23.7 Å². The maximum Gasteiger partial charge on any atom is 0.193 e. The second-order valence-electron chi connectivity index (χ2n) is 16.9. The summed E-state index contributed by atoms with van der Waals surface area (Å²) in [6.07, 6.45) is 9.85. The lowest BCUT2D eigenvalue weighted by atomic mass is 9.80. The molecule has 0 radical (unpaired) electrons. The van der Waals surface area contributed by atoms with E-state index in [-0.39, 0.29) is 22.3 Å². The summed E-state index contributed by atoms with van der Waals surface area (Å²) in [6, 6.07) is 26.6. The van der Waals surface area contributed by atoms with E-state index in [1.165, 1.54) is 0 Å². The van der Waals surface area contributed by atoms with Crippen molar-refractivity contribution in [1.82, 2.24) is 0 Å². The third-order valence-corrected chi connectivity index (χ3v) is 19.8. The van der Waals surface area contributed by atoms with Crippen LogP contribution in [0.4, 0.5) is 0 Å². The molecule has 7 heteroatoms. The fraction of sp³-hybridized carbons (Fsp3) is 0.458. The van der Waals surface area contributed by atoms with Crippen LogP contribution in [-0.2, 0) is 19.2 Å². The molecule has 0 saturated carbocycles. The molecular weight excluding hydrogens is 713 g/mol. The highest BCUT2D eigenvalue weighted by atomic mass is 28.4. The minimum Gasteiger partial charge on any atom is -0.497 e. The van der Waals surface area contributed by atoms with Gasteiger partial charge in [-0.3, -0.25) is 0 Å². The molecule has 0 spiro atoms. The van der Waals surface area contributed by atoms with Gasteiger partial charge >= 0.3 is 0 Å². The van der Waals surface area contributed by atoms with Crippen LogP contribution in [0.2, 0.25) is 36.3 Å². The van der Waals surface area contributed by atoms with Gasteiger partial charge in [-0.2, -0.15) is 0 Å². The molecule has 5 nitrogen and oxygen atoms in total. The van der Waals surface area contributed by atoms with Crippen molar-refractivity contribution in [3.8, 4) is 35.2 Å². The van der Waals surface area contributed by atoms with Crippen LogP contribution < -0.4 is 9.47 Å². The van der Waals surface area contributed by atoms with Gasteiger partial charge < -0.3 is 23.1 Å². The highest BCUT2D eigenvalue weighted by molar-refractivity contribution is 6.74. The molecule has 0 saturated heterocycles. The number of benzene rings is 3. The van der Waals surface area contributed by atoms with E-state index >= 15 is 0 Å². The Labute approximate surface area is 336 Å². The highest BCUT2D eigenvalue weighted by Gasteiger charge is 2.41. The van der Waals surface area contributed by atoms with Gasteiger partial charge in [-0.25, -0.2) is 0 Å². The van der Waals surface area contributed by atoms with Crippen LogP contribution in [0.3, 0.4) is 0 Å². The monoisotopic (exact) mass is 778 g/mol. The number of hydrogen-bond acceptors (Lipinski definition) is 5. The van der Waals surface area contributed by atoms with E-state index in [0.717, 1.165) is 41.0 Å². The Morgan fingerprint density at radius 2 is 1.04 bits per heavy atom. The molecule has 3 aromatic carbocycles. The van der Waals surface area contributed by atoms with Crippen molar-refractivity contribution in [2.45, 2.75) is 122 Å². The summed E-state index contributed by atoms with van der Waals surface area (Å²) < 4.78 is 31.8. The second kappa shape index (κ2) is 20.4. The number of allylic oxidation sites excluding steroid dienone is 3. The van der Waals surface area contributed by atoms with Crippen molar-refractivity contribution in [2.24, 2.45) is 0 Å². The fourth-order valence-electron chi connectivity index (χ4n) is 5.51. The summed E-state index contributed by atoms with van der Waals surface area (Å²) in [5, 5.41) is 0.121. The van der Waals surface area contributed by atoms with E-state index in [0.29, 0.717) is 13.0 Å². The Bertz CT molecular complexity index is 1740. The summed E-state index contributed by atoms with van der Waals surface area (Å²) in [6.45, 7) is 25.1. The summed E-state index contributed by atoms with van der Waals surface area (Å²) in [7, 11) is -0.803. The fourth-order valence-corrected chi connectivity index (χ4v) is 7.97. The second-order valence-corrected chi connectivity index (χ2v) is 26.4. The maximum atomic E-state index is 7.17. The molecule has 3 rings (SSSR count). The van der Waals surface area contributed by atoms with Crippen LogP contribution in [0.25, 0.3) is 0 Å². The van der Waals surface area contributed by atoms with Gasteiger partial charge in [0, 0.05) is 12.8 Å². The molecular formula is C48H66O5Si2. The van der Waals surface area contributed by atoms with Crippen molar-refractivity contribution in [1.29, 1.82) is 0 Å². The molecule has 0 aliphatic heterocycles. The lowest BCUT2D eigenvalue weighted by Gasteiger charge is -2.39. The molecule has 0 aliphatic rings. The first-order valence-electron chi connectivity index (χ1n) is 19.6. The molecule has 3 aromatic rings. The number of rotatable bonds is 16. The molecule has 0 fully saturated rings. The Hall–Kier alpha value is -3.83. The zero-order valence-corrected chi connectivity index (χ0v) is 37.8. The summed E-state index contributed by atoms with van der Waals surface area (Å²) in [5.41, 5.74) is 2.07. The van der Waals surface area contributed by atoms with Crippen molar-refractivity contribution >= 4 is 16.6 Å². The number of methoxy groups -OCH3 is 2. The predicted octanol–water partition coefficient (Wildman–Crippen LogP) is 12.1. The van der Waals surface area contributed by atoms with Gasteiger partial charge in [0.05, 0.1) is 20.8 Å². The standard InChI is InChI=1S/C48H66O5Si2/c1-14-15-19-26-44(52-54(10,11)46(2,3)4)27-22-16-17-23-28-45(53-55(12,13)47(5,6)7)37-38-51-48(39-24-20-18-21-25-39,40-29-33-42(49-8)34-30-40)41-31-35-43(50-9)36-32-41/h15-21,24-25,29-36,44-45H,14,26,37-38H2,1-13H3/b17-16?,19-15-. The number of ether oxygens (including phenoxy) is 3. The number of hydrogen-bond donors (Lipinski definition) is 0. The molecule has 0 N–H and O–H groups in total. The first-order chi connectivity index (χ1) is 25.9. The minimum absolute atomic E-state index is 0.0144. The topological polar surface area (TPSA) is 46.2 Å². The Morgan fingerprint density at radius 3 is 1.47 bits per heavy atom. The summed E-state index contributed by atoms with van der Waals surface area (Å²) in [5.74, 6) is 14.8. The highest BCUT2D eigenvalue weighted by Crippen LogP contribution is 2.43. The average molecular weight is 779 g/mol. The first kappa shape index (κ1) is 45.6. The lowest BCUT2D eigenvalue weighted by molar-refractivity contribution is 0.00175. The summed E-state index contributed by atoms with van der Waals surface area (Å²) >= 11 is 0. The van der Waals surface area contributed by atoms with Gasteiger partial charge in [0.15, 0.2) is 16.6 Å². The molecule has 296 valence electrons. The van der Waals surface area contributed by atoms with Crippen molar-refractivity contribution in [3.05, 3.63) is 120 Å². The zero-order chi connectivity index (χ0) is 40.8. The van der Waals surface area contributed by atoms with Crippen LogP contribution >= 0.6 is 0 Å². The molecule has 0 bridgehead atoms. The van der Waals surface area contributed by atoms with Crippen molar-refractivity contribution in [2.75, 3.05) is 20.8 Å². The quantitative estimate of drug-likeness (QED) is 0.0627.